The lowest BCUT2D eigenvalue weighted by Gasteiger charge is -2.34. The largest absolute Gasteiger partial charge is 0.457 e. The standard InChI is InChI=1S/C27H43NO5S/c1-9-11-13-22(18(4)14-21-16-34-20(6)28-21)33-24(30)15-23(29)27(7,8)26(32)19(5)25(31)17(3)12-10-2/h9,11,14,16-17,19,22-23,25,29,31H,10,12-13,15H2,1-8H3/b11-9+,18-14+/t17-,19+,22-,23-,25-/m0/s1. The molecule has 0 amide bonds. The number of esters is 1. The van der Waals surface area contributed by atoms with Crippen molar-refractivity contribution < 1.29 is 24.5 Å². The van der Waals surface area contributed by atoms with Gasteiger partial charge in [-0.05, 0) is 44.8 Å². The number of allylic oxidation sites excluding steroid dienone is 1. The minimum Gasteiger partial charge on any atom is -0.457 e. The third-order valence-corrected chi connectivity index (χ3v) is 7.25. The van der Waals surface area contributed by atoms with E-state index in [4.69, 9.17) is 4.74 Å². The van der Waals surface area contributed by atoms with Crippen molar-refractivity contribution in [3.8, 4) is 0 Å². The molecule has 0 unspecified atom stereocenters. The lowest BCUT2D eigenvalue weighted by Crippen LogP contribution is -2.45. The topological polar surface area (TPSA) is 96.7 Å². The molecule has 0 bridgehead atoms. The van der Waals surface area contributed by atoms with Gasteiger partial charge in [0.1, 0.15) is 11.9 Å². The van der Waals surface area contributed by atoms with Crippen molar-refractivity contribution in [3.05, 3.63) is 33.8 Å². The van der Waals surface area contributed by atoms with Gasteiger partial charge in [-0.1, -0.05) is 53.2 Å². The molecule has 0 saturated carbocycles. The number of nitrogens with zero attached hydrogens (tertiary/aromatic N) is 1. The molecule has 0 spiro atoms. The summed E-state index contributed by atoms with van der Waals surface area (Å²) < 4.78 is 5.71. The first-order chi connectivity index (χ1) is 15.8. The van der Waals surface area contributed by atoms with Crippen molar-refractivity contribution in [2.24, 2.45) is 17.3 Å². The highest BCUT2D eigenvalue weighted by molar-refractivity contribution is 7.09. The molecule has 1 heterocycles. The predicted octanol–water partition coefficient (Wildman–Crippen LogP) is 5.51. The highest BCUT2D eigenvalue weighted by Gasteiger charge is 2.42. The first-order valence-corrected chi connectivity index (χ1v) is 13.0. The Bertz CT molecular complexity index is 857. The van der Waals surface area contributed by atoms with E-state index in [0.29, 0.717) is 6.42 Å². The van der Waals surface area contributed by atoms with Crippen molar-refractivity contribution in [1.82, 2.24) is 4.98 Å². The van der Waals surface area contributed by atoms with Crippen LogP contribution < -0.4 is 0 Å². The van der Waals surface area contributed by atoms with Gasteiger partial charge in [-0.3, -0.25) is 9.59 Å². The molecule has 0 aromatic carbocycles. The monoisotopic (exact) mass is 493 g/mol. The maximum Gasteiger partial charge on any atom is 0.309 e. The minimum absolute atomic E-state index is 0.0227. The van der Waals surface area contributed by atoms with E-state index in [-0.39, 0.29) is 18.1 Å². The summed E-state index contributed by atoms with van der Waals surface area (Å²) in [5.41, 5.74) is 0.467. The molecule has 0 fully saturated rings. The molecule has 0 aliphatic carbocycles. The molecule has 5 atom stereocenters. The first kappa shape index (κ1) is 30.2. The Morgan fingerprint density at radius 3 is 2.44 bits per heavy atom. The Morgan fingerprint density at radius 1 is 1.26 bits per heavy atom. The lowest BCUT2D eigenvalue weighted by atomic mass is 9.73. The van der Waals surface area contributed by atoms with Gasteiger partial charge in [-0.2, -0.15) is 0 Å². The van der Waals surface area contributed by atoms with Gasteiger partial charge in [0.2, 0.25) is 0 Å². The van der Waals surface area contributed by atoms with Crippen LogP contribution in [0.15, 0.2) is 23.1 Å². The SMILES string of the molecule is C/C=C/C[C@H](OC(=O)C[C@H](O)C(C)(C)C(=O)[C@H](C)[C@@H](O)[C@@H](C)CCC)/C(C)=C/c1csc(C)n1. The van der Waals surface area contributed by atoms with Crippen molar-refractivity contribution in [2.45, 2.75) is 99.4 Å². The maximum absolute atomic E-state index is 13.1. The molecule has 0 radical (unpaired) electrons. The van der Waals surface area contributed by atoms with E-state index in [1.165, 1.54) is 0 Å². The van der Waals surface area contributed by atoms with E-state index in [1.807, 2.05) is 58.2 Å². The second kappa shape index (κ2) is 13.9. The van der Waals surface area contributed by atoms with Crippen LogP contribution in [0.4, 0.5) is 0 Å². The third-order valence-electron chi connectivity index (χ3n) is 6.46. The van der Waals surface area contributed by atoms with Crippen molar-refractivity contribution in [1.29, 1.82) is 0 Å². The Hall–Kier alpha value is -1.83. The zero-order valence-electron chi connectivity index (χ0n) is 22.0. The van der Waals surface area contributed by atoms with E-state index in [0.717, 1.165) is 29.1 Å². The van der Waals surface area contributed by atoms with E-state index in [1.54, 1.807) is 32.1 Å². The Balaban J connectivity index is 2.89. The fourth-order valence-corrected chi connectivity index (χ4v) is 4.57. The van der Waals surface area contributed by atoms with Crippen LogP contribution in [-0.4, -0.2) is 45.3 Å². The third kappa shape index (κ3) is 8.75. The summed E-state index contributed by atoms with van der Waals surface area (Å²) in [7, 11) is 0. The second-order valence-electron chi connectivity index (χ2n) is 9.81. The van der Waals surface area contributed by atoms with Gasteiger partial charge < -0.3 is 14.9 Å². The summed E-state index contributed by atoms with van der Waals surface area (Å²) in [4.78, 5) is 30.3. The van der Waals surface area contributed by atoms with Crippen molar-refractivity contribution in [3.63, 3.8) is 0 Å². The average molecular weight is 494 g/mol. The minimum atomic E-state index is -1.23. The lowest BCUT2D eigenvalue weighted by molar-refractivity contribution is -0.154. The summed E-state index contributed by atoms with van der Waals surface area (Å²) in [6, 6.07) is 0. The maximum atomic E-state index is 13.1. The molecule has 0 aliphatic heterocycles. The molecule has 7 heteroatoms. The normalized spacial score (nSPS) is 17.3. The summed E-state index contributed by atoms with van der Waals surface area (Å²) >= 11 is 1.55. The van der Waals surface area contributed by atoms with Gasteiger partial charge in [0, 0.05) is 17.7 Å². The van der Waals surface area contributed by atoms with Crippen LogP contribution >= 0.6 is 11.3 Å². The Kier molecular flexibility index (Phi) is 12.4. The van der Waals surface area contributed by atoms with Crippen molar-refractivity contribution in [2.75, 3.05) is 0 Å². The number of hydrogen-bond donors (Lipinski definition) is 2. The average Bonchev–Trinajstić information content (AvgIpc) is 3.19. The van der Waals surface area contributed by atoms with Crippen LogP contribution in [0.5, 0.6) is 0 Å². The number of ketones is 1. The first-order valence-electron chi connectivity index (χ1n) is 12.2. The van der Waals surface area contributed by atoms with Crippen LogP contribution in [0.3, 0.4) is 0 Å². The van der Waals surface area contributed by atoms with Gasteiger partial charge in [0.15, 0.2) is 0 Å². The number of ether oxygens (including phenoxy) is 1. The predicted molar refractivity (Wildman–Crippen MR) is 138 cm³/mol. The van der Waals surface area contributed by atoms with Gasteiger partial charge in [0.05, 0.1) is 34.7 Å². The quantitative estimate of drug-likeness (QED) is 0.262. The molecule has 2 N–H and O–H groups in total. The number of rotatable bonds is 14. The zero-order chi connectivity index (χ0) is 26.1. The number of aliphatic hydroxyl groups excluding tert-OH is 2. The number of aliphatic hydroxyl groups is 2. The molecule has 192 valence electrons. The van der Waals surface area contributed by atoms with Crippen LogP contribution in [0, 0.1) is 24.2 Å². The van der Waals surface area contributed by atoms with Gasteiger partial charge in [-0.25, -0.2) is 4.98 Å². The van der Waals surface area contributed by atoms with Gasteiger partial charge in [-0.15, -0.1) is 11.3 Å². The van der Waals surface area contributed by atoms with Crippen LogP contribution in [0.1, 0.15) is 84.9 Å². The molecular formula is C27H43NO5S. The smallest absolute Gasteiger partial charge is 0.309 e. The number of aromatic nitrogens is 1. The number of hydrogen-bond acceptors (Lipinski definition) is 7. The van der Waals surface area contributed by atoms with E-state index in [2.05, 4.69) is 4.98 Å². The van der Waals surface area contributed by atoms with E-state index < -0.39 is 35.6 Å². The number of Topliss-reactive ketones (excluding diaryl/α,β-unsaturated/α-hetero) is 1. The van der Waals surface area contributed by atoms with Crippen molar-refractivity contribution >= 4 is 29.2 Å². The summed E-state index contributed by atoms with van der Waals surface area (Å²) in [5, 5.41) is 24.3. The molecule has 0 aliphatic rings. The highest BCUT2D eigenvalue weighted by Crippen LogP contribution is 2.32. The zero-order valence-corrected chi connectivity index (χ0v) is 22.8. The molecule has 0 saturated heterocycles. The van der Waals surface area contributed by atoms with Crippen LogP contribution in [0.25, 0.3) is 6.08 Å². The number of aryl methyl sites for hydroxylation is 1. The molecule has 34 heavy (non-hydrogen) atoms. The summed E-state index contributed by atoms with van der Waals surface area (Å²) in [6.07, 6.45) is 5.13. The number of carbonyl (C=O) groups excluding carboxylic acids is 2. The van der Waals surface area contributed by atoms with Crippen LogP contribution in [0.2, 0.25) is 0 Å². The highest BCUT2D eigenvalue weighted by atomic mass is 32.1. The van der Waals surface area contributed by atoms with E-state index in [9.17, 15) is 19.8 Å². The summed E-state index contributed by atoms with van der Waals surface area (Å²) in [6.45, 7) is 14.6. The molecule has 1 aromatic heterocycles. The second-order valence-corrected chi connectivity index (χ2v) is 10.9. The molecule has 1 aromatic rings. The number of thiazole rings is 1. The van der Waals surface area contributed by atoms with Gasteiger partial charge >= 0.3 is 5.97 Å². The Morgan fingerprint density at radius 2 is 1.91 bits per heavy atom. The molecular weight excluding hydrogens is 450 g/mol. The fraction of sp³-hybridized carbons (Fsp3) is 0.667. The van der Waals surface area contributed by atoms with E-state index >= 15 is 0 Å². The number of carbonyl (C=O) groups is 2. The fourth-order valence-electron chi connectivity index (χ4n) is 4.00. The Labute approximate surface area is 209 Å². The summed E-state index contributed by atoms with van der Waals surface area (Å²) in [5.74, 6) is -1.50. The van der Waals surface area contributed by atoms with Crippen LogP contribution in [-0.2, 0) is 14.3 Å². The molecule has 6 nitrogen and oxygen atoms in total. The molecule has 1 rings (SSSR count). The van der Waals surface area contributed by atoms with Gasteiger partial charge in [0.25, 0.3) is 0 Å².